The molecule has 0 spiro atoms. The molecule has 2 unspecified atom stereocenters. The second-order valence-corrected chi connectivity index (χ2v) is 7.85. The van der Waals surface area contributed by atoms with Crippen molar-refractivity contribution in [1.82, 2.24) is 20.4 Å². The first-order valence-corrected chi connectivity index (χ1v) is 9.19. The smallest absolute Gasteiger partial charge is 0.238 e. The molecule has 1 aromatic carbocycles. The van der Waals surface area contributed by atoms with Gasteiger partial charge in [0.1, 0.15) is 5.82 Å². The van der Waals surface area contributed by atoms with Gasteiger partial charge in [-0.15, -0.1) is 0 Å². The molecule has 1 saturated heterocycles. The Balaban J connectivity index is 1.83. The van der Waals surface area contributed by atoms with Crippen LogP contribution in [0.1, 0.15) is 59.7 Å². The predicted octanol–water partition coefficient (Wildman–Crippen LogP) is 3.44. The lowest BCUT2D eigenvalue weighted by Gasteiger charge is -2.47. The zero-order valence-corrected chi connectivity index (χ0v) is 15.9. The lowest BCUT2D eigenvalue weighted by atomic mass is 9.72. The molecule has 5 nitrogen and oxygen atoms in total. The van der Waals surface area contributed by atoms with Gasteiger partial charge in [0.15, 0.2) is 0 Å². The number of amides is 1. The molecule has 2 N–H and O–H groups in total. The molecule has 2 aliphatic rings. The molecule has 1 aromatic heterocycles. The van der Waals surface area contributed by atoms with Crippen LogP contribution in [0.15, 0.2) is 36.7 Å². The van der Waals surface area contributed by atoms with Crippen molar-refractivity contribution in [2.24, 2.45) is 0 Å². The van der Waals surface area contributed by atoms with Gasteiger partial charge < -0.3 is 10.2 Å². The molecular weight excluding hydrogens is 324 g/mol. The van der Waals surface area contributed by atoms with E-state index in [9.17, 15) is 4.79 Å². The monoisotopic (exact) mass is 350 g/mol. The summed E-state index contributed by atoms with van der Waals surface area (Å²) in [7, 11) is 1.78. The highest BCUT2D eigenvalue weighted by molar-refractivity contribution is 5.88. The molecule has 5 heteroatoms. The predicted molar refractivity (Wildman–Crippen MR) is 102 cm³/mol. The van der Waals surface area contributed by atoms with Gasteiger partial charge >= 0.3 is 0 Å². The van der Waals surface area contributed by atoms with Gasteiger partial charge in [0, 0.05) is 18.3 Å². The fourth-order valence-electron chi connectivity index (χ4n) is 4.41. The van der Waals surface area contributed by atoms with Crippen molar-refractivity contribution in [3.63, 3.8) is 0 Å². The fraction of sp³-hybridized carbons (Fsp3) is 0.429. The van der Waals surface area contributed by atoms with Gasteiger partial charge in [0.05, 0.1) is 17.2 Å². The third kappa shape index (κ3) is 2.45. The second kappa shape index (κ2) is 5.73. The number of H-pyrrole nitrogens is 1. The van der Waals surface area contributed by atoms with E-state index in [-0.39, 0.29) is 11.8 Å². The number of aryl methyl sites for hydroxylation is 2. The molecule has 4 rings (SSSR count). The maximum atomic E-state index is 13.3. The van der Waals surface area contributed by atoms with Crippen molar-refractivity contribution < 1.29 is 4.79 Å². The number of aromatic nitrogens is 2. The molecular formula is C21H26N4O. The average molecular weight is 350 g/mol. The van der Waals surface area contributed by atoms with Gasteiger partial charge in [0.25, 0.3) is 0 Å². The van der Waals surface area contributed by atoms with Crippen LogP contribution < -0.4 is 5.32 Å². The van der Waals surface area contributed by atoms with Gasteiger partial charge in [-0.05, 0) is 50.7 Å². The number of aromatic amines is 1. The quantitative estimate of drug-likeness (QED) is 0.891. The standard InChI is InChI=1S/C21H26N4O/c1-12-18(13(2)24-23-12)21(4)19(20(26)25(5)14(3)22-21)17-10-8-16(9-11-17)15-6-7-15/h8-11,15,19,22H,3,6-7H2,1-2,4-5H3,(H,23,24). The Kier molecular flexibility index (Phi) is 3.72. The number of nitrogens with zero attached hydrogens (tertiary/aromatic N) is 2. The summed E-state index contributed by atoms with van der Waals surface area (Å²) in [4.78, 5) is 14.9. The van der Waals surface area contributed by atoms with Crippen LogP contribution in [0.25, 0.3) is 0 Å². The molecule has 0 radical (unpaired) electrons. The van der Waals surface area contributed by atoms with E-state index in [1.54, 1.807) is 11.9 Å². The first-order chi connectivity index (χ1) is 12.3. The minimum atomic E-state index is -0.608. The maximum absolute atomic E-state index is 13.3. The van der Waals surface area contributed by atoms with E-state index in [1.165, 1.54) is 18.4 Å². The second-order valence-electron chi connectivity index (χ2n) is 7.85. The highest BCUT2D eigenvalue weighted by atomic mass is 16.2. The topological polar surface area (TPSA) is 61.0 Å². The van der Waals surface area contributed by atoms with Crippen molar-refractivity contribution in [2.45, 2.75) is 51.0 Å². The zero-order chi connectivity index (χ0) is 18.6. The molecule has 2 atom stereocenters. The van der Waals surface area contributed by atoms with E-state index >= 15 is 0 Å². The molecule has 2 aromatic rings. The molecule has 26 heavy (non-hydrogen) atoms. The summed E-state index contributed by atoms with van der Waals surface area (Å²) in [6.07, 6.45) is 2.55. The Bertz CT molecular complexity index is 858. The van der Waals surface area contributed by atoms with Crippen LogP contribution in [0, 0.1) is 13.8 Å². The Morgan fingerprint density at radius 3 is 2.35 bits per heavy atom. The maximum Gasteiger partial charge on any atom is 0.238 e. The number of carbonyl (C=O) groups is 1. The van der Waals surface area contributed by atoms with Gasteiger partial charge in [0.2, 0.25) is 5.91 Å². The van der Waals surface area contributed by atoms with Gasteiger partial charge in [-0.1, -0.05) is 30.8 Å². The summed E-state index contributed by atoms with van der Waals surface area (Å²) in [5, 5.41) is 10.9. The Hall–Kier alpha value is -2.56. The largest absolute Gasteiger partial charge is 0.361 e. The molecule has 0 bridgehead atoms. The van der Waals surface area contributed by atoms with Crippen molar-refractivity contribution in [3.05, 3.63) is 64.7 Å². The minimum Gasteiger partial charge on any atom is -0.361 e. The van der Waals surface area contributed by atoms with Crippen molar-refractivity contribution >= 4 is 5.91 Å². The number of benzene rings is 1. The zero-order valence-electron chi connectivity index (χ0n) is 15.9. The third-order valence-corrected chi connectivity index (χ3v) is 5.93. The summed E-state index contributed by atoms with van der Waals surface area (Å²) >= 11 is 0. The van der Waals surface area contributed by atoms with E-state index in [0.29, 0.717) is 11.7 Å². The van der Waals surface area contributed by atoms with Crippen LogP contribution in [0.3, 0.4) is 0 Å². The number of likely N-dealkylation sites (N-methyl/N-ethyl adjacent to an activating group) is 1. The first kappa shape index (κ1) is 16.9. The van der Waals surface area contributed by atoms with E-state index in [4.69, 9.17) is 0 Å². The van der Waals surface area contributed by atoms with Crippen LogP contribution in [0.2, 0.25) is 0 Å². The summed E-state index contributed by atoms with van der Waals surface area (Å²) in [6.45, 7) is 10.1. The van der Waals surface area contributed by atoms with E-state index in [0.717, 1.165) is 22.5 Å². The fourth-order valence-corrected chi connectivity index (χ4v) is 4.41. The van der Waals surface area contributed by atoms with Crippen molar-refractivity contribution in [2.75, 3.05) is 7.05 Å². The highest BCUT2D eigenvalue weighted by Crippen LogP contribution is 2.45. The van der Waals surface area contributed by atoms with E-state index in [1.807, 2.05) is 13.8 Å². The van der Waals surface area contributed by atoms with Gasteiger partial charge in [-0.25, -0.2) is 0 Å². The molecule has 1 aliphatic heterocycles. The summed E-state index contributed by atoms with van der Waals surface area (Å²) in [5.41, 5.74) is 4.71. The SMILES string of the molecule is C=C1NC(C)(c2c(C)n[nH]c2C)C(c2ccc(C3CC3)cc2)C(=O)N1C. The van der Waals surface area contributed by atoms with Crippen LogP contribution in [0.5, 0.6) is 0 Å². The number of rotatable bonds is 3. The van der Waals surface area contributed by atoms with Crippen LogP contribution in [-0.4, -0.2) is 28.1 Å². The number of nitrogens with one attached hydrogen (secondary N) is 2. The summed E-state index contributed by atoms with van der Waals surface area (Å²) in [5.74, 6) is 1.02. The van der Waals surface area contributed by atoms with Crippen LogP contribution in [-0.2, 0) is 10.3 Å². The molecule has 1 aliphatic carbocycles. The lowest BCUT2D eigenvalue weighted by Crippen LogP contribution is -2.58. The Morgan fingerprint density at radius 2 is 1.81 bits per heavy atom. The summed E-state index contributed by atoms with van der Waals surface area (Å²) in [6, 6.07) is 8.59. The Morgan fingerprint density at radius 1 is 1.19 bits per heavy atom. The lowest BCUT2D eigenvalue weighted by molar-refractivity contribution is -0.134. The average Bonchev–Trinajstić information content (AvgIpc) is 3.38. The normalized spacial score (nSPS) is 26.2. The molecule has 2 fully saturated rings. The molecule has 1 saturated carbocycles. The minimum absolute atomic E-state index is 0.0513. The molecule has 1 amide bonds. The third-order valence-electron chi connectivity index (χ3n) is 5.93. The van der Waals surface area contributed by atoms with Crippen molar-refractivity contribution in [1.29, 1.82) is 0 Å². The van der Waals surface area contributed by atoms with E-state index < -0.39 is 5.54 Å². The molecule has 136 valence electrons. The van der Waals surface area contributed by atoms with Gasteiger partial charge in [-0.2, -0.15) is 5.10 Å². The number of hydrogen-bond donors (Lipinski definition) is 2. The Labute approximate surface area is 154 Å². The summed E-state index contributed by atoms with van der Waals surface area (Å²) < 4.78 is 0. The van der Waals surface area contributed by atoms with Crippen molar-refractivity contribution in [3.8, 4) is 0 Å². The van der Waals surface area contributed by atoms with Crippen LogP contribution in [0.4, 0.5) is 0 Å². The molecule has 2 heterocycles. The van der Waals surface area contributed by atoms with Gasteiger partial charge in [-0.3, -0.25) is 9.89 Å². The highest BCUT2D eigenvalue weighted by Gasteiger charge is 2.49. The number of carbonyl (C=O) groups excluding carboxylic acids is 1. The first-order valence-electron chi connectivity index (χ1n) is 9.19. The van der Waals surface area contributed by atoms with Crippen LogP contribution >= 0.6 is 0 Å². The van der Waals surface area contributed by atoms with E-state index in [2.05, 4.69) is 53.3 Å². The number of hydrogen-bond acceptors (Lipinski definition) is 3.